The molecule has 100 valence electrons. The van der Waals surface area contributed by atoms with Crippen molar-refractivity contribution < 1.29 is 0 Å². The topological polar surface area (TPSA) is 32.5 Å². The number of piperidine rings is 2. The Hall–Kier alpha value is -0.120. The van der Waals surface area contributed by atoms with Gasteiger partial charge in [-0.3, -0.25) is 4.90 Å². The van der Waals surface area contributed by atoms with Gasteiger partial charge in [0.25, 0.3) is 0 Å². The molecule has 2 rings (SSSR count). The number of rotatable bonds is 5. The predicted molar refractivity (Wildman–Crippen MR) is 73.2 cm³/mol. The maximum atomic E-state index is 5.86. The summed E-state index contributed by atoms with van der Waals surface area (Å²) in [5.41, 5.74) is 5.86. The molecule has 2 fully saturated rings. The summed E-state index contributed by atoms with van der Waals surface area (Å²) in [4.78, 5) is 5.28. The van der Waals surface area contributed by atoms with E-state index < -0.39 is 0 Å². The summed E-state index contributed by atoms with van der Waals surface area (Å²) >= 11 is 0. The molecular formula is C14H29N3. The van der Waals surface area contributed by atoms with E-state index in [1.807, 2.05) is 0 Å². The molecule has 0 bridgehead atoms. The molecule has 17 heavy (non-hydrogen) atoms. The molecule has 0 aromatic carbocycles. The molecule has 0 saturated carbocycles. The van der Waals surface area contributed by atoms with Crippen LogP contribution < -0.4 is 5.73 Å². The molecule has 3 nitrogen and oxygen atoms in total. The van der Waals surface area contributed by atoms with Crippen LogP contribution >= 0.6 is 0 Å². The van der Waals surface area contributed by atoms with Gasteiger partial charge in [-0.05, 0) is 64.8 Å². The van der Waals surface area contributed by atoms with Crippen LogP contribution in [0.2, 0.25) is 0 Å². The molecule has 0 aliphatic carbocycles. The summed E-state index contributed by atoms with van der Waals surface area (Å²) in [6.07, 6.45) is 9.67. The van der Waals surface area contributed by atoms with E-state index in [4.69, 9.17) is 5.73 Å². The lowest BCUT2D eigenvalue weighted by molar-refractivity contribution is 0.138. The predicted octanol–water partition coefficient (Wildman–Crippen LogP) is 1.68. The van der Waals surface area contributed by atoms with Gasteiger partial charge in [0.05, 0.1) is 0 Å². The lowest BCUT2D eigenvalue weighted by Crippen LogP contribution is -2.45. The van der Waals surface area contributed by atoms with Crippen LogP contribution in [0.1, 0.15) is 44.9 Å². The summed E-state index contributed by atoms with van der Waals surface area (Å²) in [6.45, 7) is 7.36. The van der Waals surface area contributed by atoms with Crippen molar-refractivity contribution in [1.82, 2.24) is 9.80 Å². The van der Waals surface area contributed by atoms with Crippen LogP contribution in [0.3, 0.4) is 0 Å². The van der Waals surface area contributed by atoms with Gasteiger partial charge in [0.1, 0.15) is 0 Å². The second kappa shape index (κ2) is 7.34. The normalized spacial score (nSPS) is 28.4. The number of likely N-dealkylation sites (tertiary alicyclic amines) is 2. The fourth-order valence-electron chi connectivity index (χ4n) is 3.30. The first-order valence-corrected chi connectivity index (χ1v) is 7.56. The lowest BCUT2D eigenvalue weighted by atomic mass is 10.0. The van der Waals surface area contributed by atoms with E-state index in [2.05, 4.69) is 9.80 Å². The molecule has 2 heterocycles. The van der Waals surface area contributed by atoms with Crippen LogP contribution in [0, 0.1) is 0 Å². The average molecular weight is 239 g/mol. The zero-order valence-electron chi connectivity index (χ0n) is 11.2. The van der Waals surface area contributed by atoms with E-state index in [0.717, 1.165) is 6.54 Å². The van der Waals surface area contributed by atoms with Crippen molar-refractivity contribution in [2.45, 2.75) is 51.0 Å². The van der Waals surface area contributed by atoms with Gasteiger partial charge in [-0.1, -0.05) is 12.8 Å². The summed E-state index contributed by atoms with van der Waals surface area (Å²) in [5, 5.41) is 0. The van der Waals surface area contributed by atoms with Gasteiger partial charge < -0.3 is 10.6 Å². The van der Waals surface area contributed by atoms with Crippen LogP contribution in [-0.2, 0) is 0 Å². The molecule has 0 radical (unpaired) electrons. The molecule has 2 saturated heterocycles. The van der Waals surface area contributed by atoms with Gasteiger partial charge >= 0.3 is 0 Å². The quantitative estimate of drug-likeness (QED) is 0.792. The molecule has 0 aromatic rings. The average Bonchev–Trinajstić information content (AvgIpc) is 2.40. The highest BCUT2D eigenvalue weighted by Crippen LogP contribution is 2.16. The minimum absolute atomic E-state index is 0.671. The lowest BCUT2D eigenvalue weighted by Gasteiger charge is -2.35. The van der Waals surface area contributed by atoms with E-state index in [1.165, 1.54) is 77.7 Å². The van der Waals surface area contributed by atoms with Crippen molar-refractivity contribution in [3.8, 4) is 0 Å². The number of nitrogens with two attached hydrogens (primary N) is 1. The third-order valence-corrected chi connectivity index (χ3v) is 4.39. The summed E-state index contributed by atoms with van der Waals surface area (Å²) in [6, 6.07) is 0.671. The Morgan fingerprint density at radius 3 is 2.41 bits per heavy atom. The Kier molecular flexibility index (Phi) is 5.75. The van der Waals surface area contributed by atoms with Crippen LogP contribution in [0.25, 0.3) is 0 Å². The van der Waals surface area contributed by atoms with Gasteiger partial charge in [0, 0.05) is 12.6 Å². The number of hydrogen-bond acceptors (Lipinski definition) is 3. The molecule has 0 spiro atoms. The van der Waals surface area contributed by atoms with Gasteiger partial charge in [-0.25, -0.2) is 0 Å². The monoisotopic (exact) mass is 239 g/mol. The second-order valence-corrected chi connectivity index (χ2v) is 5.68. The van der Waals surface area contributed by atoms with Gasteiger partial charge in [-0.2, -0.15) is 0 Å². The first-order chi connectivity index (χ1) is 8.40. The summed E-state index contributed by atoms with van der Waals surface area (Å²) < 4.78 is 0. The molecule has 0 amide bonds. The van der Waals surface area contributed by atoms with E-state index in [9.17, 15) is 0 Å². The van der Waals surface area contributed by atoms with Crippen molar-refractivity contribution in [3.63, 3.8) is 0 Å². The Labute approximate surface area is 106 Å². The van der Waals surface area contributed by atoms with E-state index >= 15 is 0 Å². The Morgan fingerprint density at radius 1 is 0.882 bits per heavy atom. The van der Waals surface area contributed by atoms with Gasteiger partial charge in [-0.15, -0.1) is 0 Å². The standard InChI is InChI=1S/C14H29N3/c15-13-14-7-2-5-11-17(14)12-6-10-16-8-3-1-4-9-16/h14H,1-13,15H2/t14-/m0/s1. The van der Waals surface area contributed by atoms with E-state index in [1.54, 1.807) is 0 Å². The van der Waals surface area contributed by atoms with Crippen LogP contribution in [0.4, 0.5) is 0 Å². The molecule has 0 aromatic heterocycles. The number of nitrogens with zero attached hydrogens (tertiary/aromatic N) is 2. The SMILES string of the molecule is NC[C@@H]1CCCCN1CCCN1CCCCC1. The third kappa shape index (κ3) is 4.23. The number of hydrogen-bond donors (Lipinski definition) is 1. The minimum atomic E-state index is 0.671. The van der Waals surface area contributed by atoms with Crippen molar-refractivity contribution >= 4 is 0 Å². The van der Waals surface area contributed by atoms with E-state index in [0.29, 0.717) is 6.04 Å². The molecule has 3 heteroatoms. The Bertz CT molecular complexity index is 202. The fourth-order valence-corrected chi connectivity index (χ4v) is 3.30. The third-order valence-electron chi connectivity index (χ3n) is 4.39. The fraction of sp³-hybridized carbons (Fsp3) is 1.00. The smallest absolute Gasteiger partial charge is 0.0218 e. The van der Waals surface area contributed by atoms with Crippen LogP contribution in [-0.4, -0.2) is 55.1 Å². The van der Waals surface area contributed by atoms with Crippen molar-refractivity contribution in [2.75, 3.05) is 39.3 Å². The summed E-state index contributed by atoms with van der Waals surface area (Å²) in [5.74, 6) is 0. The van der Waals surface area contributed by atoms with Crippen molar-refractivity contribution in [1.29, 1.82) is 0 Å². The molecule has 0 unspecified atom stereocenters. The highest BCUT2D eigenvalue weighted by atomic mass is 15.2. The highest BCUT2D eigenvalue weighted by Gasteiger charge is 2.20. The van der Waals surface area contributed by atoms with E-state index in [-0.39, 0.29) is 0 Å². The van der Waals surface area contributed by atoms with Crippen molar-refractivity contribution in [3.05, 3.63) is 0 Å². The Morgan fingerprint density at radius 2 is 1.65 bits per heavy atom. The maximum Gasteiger partial charge on any atom is 0.0218 e. The molecule has 1 atom stereocenters. The van der Waals surface area contributed by atoms with Crippen LogP contribution in [0.15, 0.2) is 0 Å². The van der Waals surface area contributed by atoms with Crippen LogP contribution in [0.5, 0.6) is 0 Å². The molecular weight excluding hydrogens is 210 g/mol. The maximum absolute atomic E-state index is 5.86. The zero-order valence-corrected chi connectivity index (χ0v) is 11.2. The molecule has 2 aliphatic heterocycles. The second-order valence-electron chi connectivity index (χ2n) is 5.68. The highest BCUT2D eigenvalue weighted by molar-refractivity contribution is 4.77. The first kappa shape index (κ1) is 13.3. The zero-order chi connectivity index (χ0) is 11.9. The largest absolute Gasteiger partial charge is 0.329 e. The minimum Gasteiger partial charge on any atom is -0.329 e. The molecule has 2 aliphatic rings. The first-order valence-electron chi connectivity index (χ1n) is 7.56. The summed E-state index contributed by atoms with van der Waals surface area (Å²) in [7, 11) is 0. The van der Waals surface area contributed by atoms with Gasteiger partial charge in [0.2, 0.25) is 0 Å². The molecule has 2 N–H and O–H groups in total. The Balaban J connectivity index is 1.62. The van der Waals surface area contributed by atoms with Gasteiger partial charge in [0.15, 0.2) is 0 Å². The van der Waals surface area contributed by atoms with Crippen molar-refractivity contribution in [2.24, 2.45) is 5.73 Å².